The van der Waals surface area contributed by atoms with Crippen molar-refractivity contribution in [3.8, 4) is 0 Å². The summed E-state index contributed by atoms with van der Waals surface area (Å²) in [6.07, 6.45) is 0.392. The number of hydrogen-bond acceptors (Lipinski definition) is 7. The predicted molar refractivity (Wildman–Crippen MR) is 134 cm³/mol. The molecule has 0 atom stereocenters. The summed E-state index contributed by atoms with van der Waals surface area (Å²) in [6, 6.07) is 7.10. The molecule has 0 fully saturated rings. The van der Waals surface area contributed by atoms with Gasteiger partial charge in [0.15, 0.2) is 10.8 Å². The van der Waals surface area contributed by atoms with Crippen LogP contribution >= 0.6 is 23.1 Å². The number of carbonyl (C=O) groups excluding carboxylic acids is 2. The van der Waals surface area contributed by atoms with Gasteiger partial charge in [-0.15, -0.1) is 21.5 Å². The van der Waals surface area contributed by atoms with Gasteiger partial charge in [0, 0.05) is 28.6 Å². The highest BCUT2D eigenvalue weighted by Gasteiger charge is 2.21. The van der Waals surface area contributed by atoms with Gasteiger partial charge in [-0.3, -0.25) is 14.0 Å². The highest BCUT2D eigenvalue weighted by Crippen LogP contribution is 2.34. The molecule has 10 heteroatoms. The van der Waals surface area contributed by atoms with Gasteiger partial charge in [0.25, 0.3) is 0 Å². The zero-order valence-electron chi connectivity index (χ0n) is 19.2. The third-order valence-electron chi connectivity index (χ3n) is 5.27. The van der Waals surface area contributed by atoms with E-state index >= 15 is 0 Å². The van der Waals surface area contributed by atoms with Gasteiger partial charge in [0.1, 0.15) is 10.7 Å². The molecule has 33 heavy (non-hydrogen) atoms. The minimum absolute atomic E-state index is 0.0764. The van der Waals surface area contributed by atoms with Crippen molar-refractivity contribution in [3.63, 3.8) is 0 Å². The quantitative estimate of drug-likeness (QED) is 0.353. The van der Waals surface area contributed by atoms with Crippen LogP contribution in [-0.4, -0.2) is 37.1 Å². The van der Waals surface area contributed by atoms with E-state index in [1.165, 1.54) is 22.2 Å². The molecule has 0 aliphatic rings. The van der Waals surface area contributed by atoms with Gasteiger partial charge in [0.05, 0.1) is 11.1 Å². The highest BCUT2D eigenvalue weighted by molar-refractivity contribution is 7.99. The van der Waals surface area contributed by atoms with Gasteiger partial charge >= 0.3 is 0 Å². The molecule has 0 aliphatic heterocycles. The van der Waals surface area contributed by atoms with Gasteiger partial charge in [-0.2, -0.15) is 0 Å². The fourth-order valence-electron chi connectivity index (χ4n) is 3.48. The zero-order chi connectivity index (χ0) is 23.7. The highest BCUT2D eigenvalue weighted by atomic mass is 32.2. The molecule has 0 saturated heterocycles. The van der Waals surface area contributed by atoms with E-state index in [0.717, 1.165) is 21.7 Å². The van der Waals surface area contributed by atoms with Crippen LogP contribution in [0.25, 0.3) is 15.9 Å². The summed E-state index contributed by atoms with van der Waals surface area (Å²) in [7, 11) is 0. The Kier molecular flexibility index (Phi) is 6.66. The van der Waals surface area contributed by atoms with Crippen LogP contribution in [-0.2, 0) is 9.59 Å². The van der Waals surface area contributed by atoms with Crippen molar-refractivity contribution in [1.29, 1.82) is 0 Å². The lowest BCUT2D eigenvalue weighted by Gasteiger charge is -2.11. The Balaban J connectivity index is 1.55. The number of rotatable bonds is 7. The number of thiophene rings is 1. The molecule has 0 radical (unpaired) electrons. The Bertz CT molecular complexity index is 1360. The molecule has 0 bridgehead atoms. The largest absolute Gasteiger partial charge is 0.326 e. The van der Waals surface area contributed by atoms with E-state index in [0.29, 0.717) is 23.0 Å². The fourth-order valence-corrected chi connectivity index (χ4v) is 5.25. The molecule has 4 aromatic rings. The maximum Gasteiger partial charge on any atom is 0.234 e. The molecule has 2 amide bonds. The van der Waals surface area contributed by atoms with Crippen LogP contribution in [0.2, 0.25) is 0 Å². The number of thioether (sulfide) groups is 1. The van der Waals surface area contributed by atoms with E-state index in [9.17, 15) is 9.59 Å². The third-order valence-corrected chi connectivity index (χ3v) is 7.30. The van der Waals surface area contributed by atoms with Gasteiger partial charge in [0.2, 0.25) is 11.8 Å². The first-order valence-electron chi connectivity index (χ1n) is 10.8. The second-order valence-corrected chi connectivity index (χ2v) is 10.2. The SMILES string of the molecule is CCC(=O)Nc1cccc(NC(=O)CSc2nnc3c4c(C)c(C)sc4nc(C(C)C)n23)c1. The van der Waals surface area contributed by atoms with Crippen molar-refractivity contribution in [2.75, 3.05) is 16.4 Å². The monoisotopic (exact) mass is 482 g/mol. The summed E-state index contributed by atoms with van der Waals surface area (Å²) in [5, 5.41) is 16.2. The van der Waals surface area contributed by atoms with Crippen LogP contribution < -0.4 is 10.6 Å². The molecule has 0 aliphatic carbocycles. The van der Waals surface area contributed by atoms with E-state index in [-0.39, 0.29) is 23.5 Å². The number of aryl methyl sites for hydroxylation is 2. The van der Waals surface area contributed by atoms with Crippen molar-refractivity contribution in [2.45, 2.75) is 52.1 Å². The van der Waals surface area contributed by atoms with Crippen molar-refractivity contribution in [1.82, 2.24) is 19.6 Å². The number of hydrogen-bond donors (Lipinski definition) is 2. The summed E-state index contributed by atoms with van der Waals surface area (Å²) in [4.78, 5) is 31.3. The lowest BCUT2D eigenvalue weighted by atomic mass is 10.2. The predicted octanol–water partition coefficient (Wildman–Crippen LogP) is 5.16. The molecule has 4 rings (SSSR count). The molecule has 0 saturated carbocycles. The Morgan fingerprint density at radius 1 is 1.12 bits per heavy atom. The van der Waals surface area contributed by atoms with Gasteiger partial charge in [-0.05, 0) is 37.6 Å². The standard InChI is InChI=1S/C23H26N6O2S2/c1-6-17(30)24-15-8-7-9-16(10-15)25-18(31)11-32-23-28-27-21-19-13(4)14(5)33-22(19)26-20(12(2)3)29(21)23/h7-10,12H,6,11H2,1-5H3,(H,24,30)(H,25,31). The van der Waals surface area contributed by atoms with Crippen LogP contribution in [0, 0.1) is 13.8 Å². The Morgan fingerprint density at radius 2 is 1.82 bits per heavy atom. The average molecular weight is 483 g/mol. The first-order valence-corrected chi connectivity index (χ1v) is 12.6. The molecule has 8 nitrogen and oxygen atoms in total. The molecule has 1 aromatic carbocycles. The number of anilines is 2. The molecule has 0 unspecified atom stereocenters. The van der Waals surface area contributed by atoms with E-state index in [2.05, 4.69) is 48.5 Å². The minimum Gasteiger partial charge on any atom is -0.326 e. The maximum absolute atomic E-state index is 12.6. The second kappa shape index (κ2) is 9.48. The number of benzene rings is 1. The number of aromatic nitrogens is 4. The lowest BCUT2D eigenvalue weighted by Crippen LogP contribution is -2.15. The topological polar surface area (TPSA) is 101 Å². The van der Waals surface area contributed by atoms with Crippen LogP contribution in [0.4, 0.5) is 11.4 Å². The van der Waals surface area contributed by atoms with Crippen LogP contribution in [0.15, 0.2) is 29.4 Å². The molecule has 2 N–H and O–H groups in total. The number of carbonyl (C=O) groups is 2. The maximum atomic E-state index is 12.6. The molecule has 3 heterocycles. The summed E-state index contributed by atoms with van der Waals surface area (Å²) >= 11 is 3.00. The minimum atomic E-state index is -0.168. The molecule has 0 spiro atoms. The van der Waals surface area contributed by atoms with Crippen molar-refractivity contribution < 1.29 is 9.59 Å². The number of nitrogens with zero attached hydrogens (tertiary/aromatic N) is 4. The summed E-state index contributed by atoms with van der Waals surface area (Å²) in [6.45, 7) is 10.1. The summed E-state index contributed by atoms with van der Waals surface area (Å²) in [5.74, 6) is 0.977. The van der Waals surface area contributed by atoms with Gasteiger partial charge in [-0.1, -0.05) is 38.6 Å². The number of amides is 2. The van der Waals surface area contributed by atoms with Crippen molar-refractivity contribution >= 4 is 62.2 Å². The van der Waals surface area contributed by atoms with E-state index in [1.54, 1.807) is 42.5 Å². The summed E-state index contributed by atoms with van der Waals surface area (Å²) in [5.41, 5.74) is 3.22. The Morgan fingerprint density at radius 3 is 2.48 bits per heavy atom. The number of nitrogens with one attached hydrogen (secondary N) is 2. The van der Waals surface area contributed by atoms with E-state index in [4.69, 9.17) is 4.98 Å². The normalized spacial score (nSPS) is 11.5. The molecular formula is C23H26N6O2S2. The molecular weight excluding hydrogens is 456 g/mol. The van der Waals surface area contributed by atoms with Crippen molar-refractivity contribution in [2.24, 2.45) is 0 Å². The molecule has 172 valence electrons. The fraction of sp³-hybridized carbons (Fsp3) is 0.348. The number of fused-ring (bicyclic) bond motifs is 3. The smallest absolute Gasteiger partial charge is 0.234 e. The van der Waals surface area contributed by atoms with Crippen LogP contribution in [0.1, 0.15) is 49.4 Å². The van der Waals surface area contributed by atoms with Crippen molar-refractivity contribution in [3.05, 3.63) is 40.5 Å². The van der Waals surface area contributed by atoms with E-state index < -0.39 is 0 Å². The summed E-state index contributed by atoms with van der Waals surface area (Å²) < 4.78 is 1.98. The zero-order valence-corrected chi connectivity index (χ0v) is 20.9. The first-order chi connectivity index (χ1) is 15.8. The van der Waals surface area contributed by atoms with E-state index in [1.807, 2.05) is 4.40 Å². The average Bonchev–Trinajstić information content (AvgIpc) is 3.32. The second-order valence-electron chi connectivity index (χ2n) is 8.05. The van der Waals surface area contributed by atoms with Gasteiger partial charge < -0.3 is 10.6 Å². The van der Waals surface area contributed by atoms with Crippen LogP contribution in [0.5, 0.6) is 0 Å². The Labute approximate surface area is 200 Å². The van der Waals surface area contributed by atoms with Gasteiger partial charge in [-0.25, -0.2) is 4.98 Å². The molecule has 3 aromatic heterocycles. The Hall–Kier alpha value is -2.98. The van der Waals surface area contributed by atoms with Crippen LogP contribution in [0.3, 0.4) is 0 Å². The third kappa shape index (κ3) is 4.72. The first kappa shape index (κ1) is 23.2. The lowest BCUT2D eigenvalue weighted by molar-refractivity contribution is -0.116.